The molecule has 0 aliphatic carbocycles. The van der Waals surface area contributed by atoms with Gasteiger partial charge in [0.2, 0.25) is 0 Å². The number of H-pyrrole nitrogens is 1. The zero-order valence-electron chi connectivity index (χ0n) is 12.4. The molecule has 0 radical (unpaired) electrons. The standard InChI is InChI=1S/C16H23N3S/c1-3-4-5-8-11-20-16-17-15(18-19-16)12-14-10-7-6-9-13(14)2/h6-7,9-10H,3-5,8,11-12H2,1-2H3,(H,17,18,19). The van der Waals surface area contributed by atoms with Gasteiger partial charge in [-0.15, -0.1) is 0 Å². The van der Waals surface area contributed by atoms with E-state index in [2.05, 4.69) is 53.3 Å². The molecule has 108 valence electrons. The molecule has 0 atom stereocenters. The van der Waals surface area contributed by atoms with E-state index in [0.29, 0.717) is 0 Å². The first kappa shape index (κ1) is 15.1. The first-order valence-electron chi connectivity index (χ1n) is 7.38. The molecule has 1 N–H and O–H groups in total. The molecule has 0 bridgehead atoms. The summed E-state index contributed by atoms with van der Waals surface area (Å²) in [5, 5.41) is 8.30. The van der Waals surface area contributed by atoms with Gasteiger partial charge in [-0.3, -0.25) is 5.10 Å². The lowest BCUT2D eigenvalue weighted by Crippen LogP contribution is -1.93. The molecule has 0 fully saturated rings. The molecule has 0 saturated carbocycles. The highest BCUT2D eigenvalue weighted by molar-refractivity contribution is 7.99. The number of nitrogens with zero attached hydrogens (tertiary/aromatic N) is 2. The monoisotopic (exact) mass is 289 g/mol. The fourth-order valence-electron chi connectivity index (χ4n) is 2.10. The van der Waals surface area contributed by atoms with E-state index in [1.54, 1.807) is 11.8 Å². The van der Waals surface area contributed by atoms with Crippen LogP contribution in [0.2, 0.25) is 0 Å². The number of thioether (sulfide) groups is 1. The van der Waals surface area contributed by atoms with Crippen LogP contribution in [0.1, 0.15) is 49.6 Å². The number of aromatic amines is 1. The zero-order valence-corrected chi connectivity index (χ0v) is 13.2. The molecule has 0 amide bonds. The Bertz CT molecular complexity index is 522. The summed E-state index contributed by atoms with van der Waals surface area (Å²) in [6.07, 6.45) is 5.99. The highest BCUT2D eigenvalue weighted by Crippen LogP contribution is 2.17. The molecular weight excluding hydrogens is 266 g/mol. The molecule has 0 spiro atoms. The summed E-state index contributed by atoms with van der Waals surface area (Å²) in [5.74, 6) is 2.01. The fourth-order valence-corrected chi connectivity index (χ4v) is 2.92. The largest absolute Gasteiger partial charge is 0.254 e. The third kappa shape index (κ3) is 4.67. The van der Waals surface area contributed by atoms with Crippen LogP contribution in [0.5, 0.6) is 0 Å². The molecular formula is C16H23N3S. The number of hydrogen-bond donors (Lipinski definition) is 1. The fraction of sp³-hybridized carbons (Fsp3) is 0.500. The third-order valence-electron chi connectivity index (χ3n) is 3.36. The van der Waals surface area contributed by atoms with Crippen LogP contribution in [-0.2, 0) is 6.42 Å². The van der Waals surface area contributed by atoms with Gasteiger partial charge in [-0.25, -0.2) is 4.98 Å². The number of nitrogens with one attached hydrogen (secondary N) is 1. The maximum atomic E-state index is 4.56. The van der Waals surface area contributed by atoms with Crippen molar-refractivity contribution in [2.24, 2.45) is 0 Å². The summed E-state index contributed by atoms with van der Waals surface area (Å²) < 4.78 is 0. The number of hydrogen-bond acceptors (Lipinski definition) is 3. The predicted molar refractivity (Wildman–Crippen MR) is 85.2 cm³/mol. The number of benzene rings is 1. The molecule has 4 heteroatoms. The molecule has 2 aromatic rings. The van der Waals surface area contributed by atoms with Crippen LogP contribution < -0.4 is 0 Å². The Balaban J connectivity index is 1.82. The van der Waals surface area contributed by atoms with Gasteiger partial charge in [0.05, 0.1) is 0 Å². The van der Waals surface area contributed by atoms with Crippen molar-refractivity contribution < 1.29 is 0 Å². The van der Waals surface area contributed by atoms with Gasteiger partial charge < -0.3 is 0 Å². The molecule has 2 rings (SSSR count). The van der Waals surface area contributed by atoms with Crippen molar-refractivity contribution in [1.82, 2.24) is 15.2 Å². The van der Waals surface area contributed by atoms with Gasteiger partial charge in [-0.1, -0.05) is 62.2 Å². The topological polar surface area (TPSA) is 41.6 Å². The third-order valence-corrected chi connectivity index (χ3v) is 4.31. The molecule has 1 heterocycles. The zero-order chi connectivity index (χ0) is 14.2. The first-order valence-corrected chi connectivity index (χ1v) is 8.36. The Kier molecular flexibility index (Phi) is 6.12. The minimum absolute atomic E-state index is 0.805. The Morgan fingerprint density at radius 1 is 1.15 bits per heavy atom. The van der Waals surface area contributed by atoms with Crippen LogP contribution in [0.25, 0.3) is 0 Å². The summed E-state index contributed by atoms with van der Waals surface area (Å²) in [7, 11) is 0. The summed E-state index contributed by atoms with van der Waals surface area (Å²) in [6.45, 7) is 4.37. The van der Waals surface area contributed by atoms with E-state index in [0.717, 1.165) is 23.2 Å². The van der Waals surface area contributed by atoms with Crippen molar-refractivity contribution >= 4 is 11.8 Å². The second-order valence-electron chi connectivity index (χ2n) is 5.07. The van der Waals surface area contributed by atoms with Crippen molar-refractivity contribution in [3.05, 3.63) is 41.2 Å². The Morgan fingerprint density at radius 2 is 2.00 bits per heavy atom. The smallest absolute Gasteiger partial charge is 0.183 e. The van der Waals surface area contributed by atoms with E-state index in [1.165, 1.54) is 36.8 Å². The van der Waals surface area contributed by atoms with Crippen molar-refractivity contribution in [3.63, 3.8) is 0 Å². The van der Waals surface area contributed by atoms with Crippen LogP contribution in [0.15, 0.2) is 29.4 Å². The summed E-state index contributed by atoms with van der Waals surface area (Å²) >= 11 is 1.78. The Morgan fingerprint density at radius 3 is 2.80 bits per heavy atom. The minimum atomic E-state index is 0.805. The predicted octanol–water partition coefficient (Wildman–Crippen LogP) is 4.38. The van der Waals surface area contributed by atoms with E-state index in [9.17, 15) is 0 Å². The summed E-state index contributed by atoms with van der Waals surface area (Å²) in [6, 6.07) is 8.40. The van der Waals surface area contributed by atoms with Gasteiger partial charge >= 0.3 is 0 Å². The van der Waals surface area contributed by atoms with E-state index in [-0.39, 0.29) is 0 Å². The lowest BCUT2D eigenvalue weighted by Gasteiger charge is -2.01. The lowest BCUT2D eigenvalue weighted by molar-refractivity contribution is 0.706. The van der Waals surface area contributed by atoms with Gasteiger partial charge in [-0.05, 0) is 24.5 Å². The van der Waals surface area contributed by atoms with Crippen molar-refractivity contribution in [2.45, 2.75) is 51.1 Å². The van der Waals surface area contributed by atoms with Gasteiger partial charge in [0.15, 0.2) is 11.0 Å². The SMILES string of the molecule is CCCCCCSc1nc(Cc2ccccc2C)n[nH]1. The second kappa shape index (κ2) is 8.10. The van der Waals surface area contributed by atoms with Gasteiger partial charge in [0, 0.05) is 12.2 Å². The van der Waals surface area contributed by atoms with Crippen LogP contribution in [0, 0.1) is 6.92 Å². The normalized spacial score (nSPS) is 10.9. The number of aryl methyl sites for hydroxylation is 1. The maximum Gasteiger partial charge on any atom is 0.183 e. The van der Waals surface area contributed by atoms with Crippen LogP contribution in [-0.4, -0.2) is 20.9 Å². The van der Waals surface area contributed by atoms with E-state index in [1.807, 2.05) is 0 Å². The number of rotatable bonds is 8. The molecule has 0 aliphatic heterocycles. The number of aromatic nitrogens is 3. The van der Waals surface area contributed by atoms with Gasteiger partial charge in [0.25, 0.3) is 0 Å². The van der Waals surface area contributed by atoms with Crippen LogP contribution >= 0.6 is 11.8 Å². The van der Waals surface area contributed by atoms with Crippen LogP contribution in [0.3, 0.4) is 0 Å². The molecule has 0 aliphatic rings. The van der Waals surface area contributed by atoms with E-state index < -0.39 is 0 Å². The molecule has 20 heavy (non-hydrogen) atoms. The molecule has 0 unspecified atom stereocenters. The average molecular weight is 289 g/mol. The second-order valence-corrected chi connectivity index (χ2v) is 6.15. The first-order chi connectivity index (χ1) is 9.79. The highest BCUT2D eigenvalue weighted by atomic mass is 32.2. The molecule has 1 aromatic heterocycles. The Labute approximate surface area is 125 Å². The molecule has 0 saturated heterocycles. The summed E-state index contributed by atoms with van der Waals surface area (Å²) in [4.78, 5) is 4.56. The maximum absolute atomic E-state index is 4.56. The van der Waals surface area contributed by atoms with Crippen LogP contribution in [0.4, 0.5) is 0 Å². The van der Waals surface area contributed by atoms with Crippen molar-refractivity contribution in [3.8, 4) is 0 Å². The minimum Gasteiger partial charge on any atom is -0.254 e. The molecule has 3 nitrogen and oxygen atoms in total. The lowest BCUT2D eigenvalue weighted by atomic mass is 10.1. The molecule has 1 aromatic carbocycles. The van der Waals surface area contributed by atoms with Crippen molar-refractivity contribution in [1.29, 1.82) is 0 Å². The van der Waals surface area contributed by atoms with Gasteiger partial charge in [0.1, 0.15) is 0 Å². The number of unbranched alkanes of at least 4 members (excludes halogenated alkanes) is 3. The van der Waals surface area contributed by atoms with E-state index in [4.69, 9.17) is 0 Å². The highest BCUT2D eigenvalue weighted by Gasteiger charge is 2.06. The average Bonchev–Trinajstić information content (AvgIpc) is 2.89. The quantitative estimate of drug-likeness (QED) is 0.579. The Hall–Kier alpha value is -1.29. The van der Waals surface area contributed by atoms with E-state index >= 15 is 0 Å². The van der Waals surface area contributed by atoms with Gasteiger partial charge in [-0.2, -0.15) is 5.10 Å². The van der Waals surface area contributed by atoms with Crippen molar-refractivity contribution in [2.75, 3.05) is 5.75 Å². The summed E-state index contributed by atoms with van der Waals surface area (Å²) in [5.41, 5.74) is 2.59.